The summed E-state index contributed by atoms with van der Waals surface area (Å²) in [5.41, 5.74) is -1.08. The van der Waals surface area contributed by atoms with Gasteiger partial charge in [-0.3, -0.25) is 9.59 Å². The summed E-state index contributed by atoms with van der Waals surface area (Å²) in [5, 5.41) is 2.30. The zero-order chi connectivity index (χ0) is 19.8. The van der Waals surface area contributed by atoms with Gasteiger partial charge < -0.3 is 10.1 Å². The van der Waals surface area contributed by atoms with Gasteiger partial charge >= 0.3 is 6.18 Å². The number of halogens is 4. The van der Waals surface area contributed by atoms with E-state index >= 15 is 0 Å². The lowest BCUT2D eigenvalue weighted by molar-refractivity contribution is -0.137. The fraction of sp³-hybridized carbons (Fsp3) is 0.111. The maximum absolute atomic E-state index is 12.9. The number of alkyl halides is 3. The number of ether oxygens (including phenoxy) is 1. The maximum Gasteiger partial charge on any atom is 0.416 e. The zero-order valence-electron chi connectivity index (χ0n) is 13.8. The third-order valence-corrected chi connectivity index (χ3v) is 4.18. The highest BCUT2D eigenvalue weighted by Crippen LogP contribution is 2.35. The summed E-state index contributed by atoms with van der Waals surface area (Å²) in [4.78, 5) is 25.7. The second kappa shape index (κ2) is 6.96. The number of nitrogens with zero attached hydrogens (tertiary/aromatic N) is 1. The third-order valence-electron chi connectivity index (χ3n) is 3.83. The van der Waals surface area contributed by atoms with Crippen molar-refractivity contribution in [3.05, 3.63) is 64.8 Å². The number of hydrogen-bond acceptors (Lipinski definition) is 4. The van der Waals surface area contributed by atoms with Gasteiger partial charge in [-0.05, 0) is 30.3 Å². The topological polar surface area (TPSA) is 58.6 Å². The van der Waals surface area contributed by atoms with Crippen molar-refractivity contribution in [3.63, 3.8) is 0 Å². The molecule has 1 heterocycles. The average Bonchev–Trinajstić information content (AvgIpc) is 2.85. The van der Waals surface area contributed by atoms with Crippen LogP contribution in [0.3, 0.4) is 0 Å². The van der Waals surface area contributed by atoms with Crippen LogP contribution >= 0.6 is 11.6 Å². The van der Waals surface area contributed by atoms with E-state index in [1.54, 1.807) is 24.3 Å². The number of rotatable bonds is 4. The van der Waals surface area contributed by atoms with Gasteiger partial charge in [0.2, 0.25) is 0 Å². The van der Waals surface area contributed by atoms with Crippen LogP contribution in [-0.2, 0) is 15.8 Å². The zero-order valence-corrected chi connectivity index (χ0v) is 14.6. The summed E-state index contributed by atoms with van der Waals surface area (Å²) in [7, 11) is 1.42. The third kappa shape index (κ3) is 3.48. The van der Waals surface area contributed by atoms with Crippen LogP contribution in [-0.4, -0.2) is 18.9 Å². The van der Waals surface area contributed by atoms with Gasteiger partial charge in [-0.15, -0.1) is 0 Å². The van der Waals surface area contributed by atoms with Crippen LogP contribution < -0.4 is 15.0 Å². The van der Waals surface area contributed by atoms with Crippen molar-refractivity contribution in [2.45, 2.75) is 6.18 Å². The number of amides is 2. The number of imide groups is 1. The Balaban J connectivity index is 1.95. The van der Waals surface area contributed by atoms with E-state index in [0.717, 1.165) is 12.1 Å². The van der Waals surface area contributed by atoms with E-state index in [1.165, 1.54) is 13.2 Å². The van der Waals surface area contributed by atoms with Crippen LogP contribution in [0.25, 0.3) is 0 Å². The number of methoxy groups -OCH3 is 1. The molecule has 1 aliphatic rings. The predicted molar refractivity (Wildman–Crippen MR) is 93.4 cm³/mol. The van der Waals surface area contributed by atoms with Crippen LogP contribution in [0.15, 0.2) is 59.3 Å². The van der Waals surface area contributed by atoms with Crippen molar-refractivity contribution in [2.75, 3.05) is 17.3 Å². The Bertz CT molecular complexity index is 957. The van der Waals surface area contributed by atoms with Gasteiger partial charge in [0.1, 0.15) is 16.5 Å². The van der Waals surface area contributed by atoms with Gasteiger partial charge in [0, 0.05) is 0 Å². The van der Waals surface area contributed by atoms with Crippen molar-refractivity contribution in [1.82, 2.24) is 0 Å². The highest BCUT2D eigenvalue weighted by Gasteiger charge is 2.40. The molecule has 3 rings (SSSR count). The van der Waals surface area contributed by atoms with Gasteiger partial charge in [-0.1, -0.05) is 29.8 Å². The highest BCUT2D eigenvalue weighted by atomic mass is 35.5. The fourth-order valence-electron chi connectivity index (χ4n) is 2.55. The van der Waals surface area contributed by atoms with Crippen molar-refractivity contribution in [1.29, 1.82) is 0 Å². The molecule has 2 aromatic rings. The monoisotopic (exact) mass is 396 g/mol. The Labute approximate surface area is 157 Å². The molecule has 1 aliphatic heterocycles. The molecule has 27 heavy (non-hydrogen) atoms. The van der Waals surface area contributed by atoms with Gasteiger partial charge in [0.05, 0.1) is 24.0 Å². The second-order valence-corrected chi connectivity index (χ2v) is 5.89. The molecule has 0 bridgehead atoms. The van der Waals surface area contributed by atoms with Crippen LogP contribution in [0.5, 0.6) is 5.75 Å². The normalized spacial score (nSPS) is 14.8. The van der Waals surface area contributed by atoms with Gasteiger partial charge in [0.15, 0.2) is 0 Å². The number of nitrogens with one attached hydrogen (secondary N) is 1. The molecule has 0 spiro atoms. The molecule has 2 amide bonds. The maximum atomic E-state index is 12.9. The largest absolute Gasteiger partial charge is 0.495 e. The fourth-order valence-corrected chi connectivity index (χ4v) is 2.76. The Morgan fingerprint density at radius 2 is 1.74 bits per heavy atom. The molecule has 5 nitrogen and oxygen atoms in total. The SMILES string of the molecule is COc1ccccc1NC1=C(Cl)C(=O)N(c2cccc(C(F)(F)F)c2)C1=O. The quantitative estimate of drug-likeness (QED) is 0.789. The first-order valence-electron chi connectivity index (χ1n) is 7.60. The molecule has 140 valence electrons. The van der Waals surface area contributed by atoms with Crippen LogP contribution in [0.4, 0.5) is 24.5 Å². The van der Waals surface area contributed by atoms with Gasteiger partial charge in [0.25, 0.3) is 11.8 Å². The van der Waals surface area contributed by atoms with Crippen LogP contribution in [0, 0.1) is 0 Å². The minimum Gasteiger partial charge on any atom is -0.495 e. The molecule has 9 heteroatoms. The van der Waals surface area contributed by atoms with E-state index in [2.05, 4.69) is 5.32 Å². The molecular weight excluding hydrogens is 385 g/mol. The van der Waals surface area contributed by atoms with E-state index in [1.807, 2.05) is 0 Å². The van der Waals surface area contributed by atoms with Crippen LogP contribution in [0.2, 0.25) is 0 Å². The van der Waals surface area contributed by atoms with Gasteiger partial charge in [-0.25, -0.2) is 4.90 Å². The van der Waals surface area contributed by atoms with Crippen molar-refractivity contribution >= 4 is 34.8 Å². The lowest BCUT2D eigenvalue weighted by Crippen LogP contribution is -2.32. The Morgan fingerprint density at radius 3 is 2.41 bits per heavy atom. The Kier molecular flexibility index (Phi) is 4.84. The smallest absolute Gasteiger partial charge is 0.416 e. The summed E-state index contributed by atoms with van der Waals surface area (Å²) in [6.07, 6.45) is -4.61. The molecule has 0 saturated heterocycles. The number of hydrogen-bond donors (Lipinski definition) is 1. The van der Waals surface area contributed by atoms with E-state index in [9.17, 15) is 22.8 Å². The summed E-state index contributed by atoms with van der Waals surface area (Å²) in [5.74, 6) is -1.39. The molecule has 0 unspecified atom stereocenters. The minimum atomic E-state index is -4.61. The molecule has 0 radical (unpaired) electrons. The summed E-state index contributed by atoms with van der Waals surface area (Å²) in [6, 6.07) is 10.5. The number of carbonyl (C=O) groups excluding carboxylic acids is 2. The van der Waals surface area contributed by atoms with E-state index < -0.39 is 28.6 Å². The first-order chi connectivity index (χ1) is 12.7. The number of carbonyl (C=O) groups is 2. The lowest BCUT2D eigenvalue weighted by Gasteiger charge is -2.17. The molecule has 0 saturated carbocycles. The molecule has 0 fully saturated rings. The van der Waals surface area contributed by atoms with E-state index in [-0.39, 0.29) is 11.4 Å². The Hall–Kier alpha value is -3.00. The first-order valence-corrected chi connectivity index (χ1v) is 7.97. The molecule has 0 aromatic heterocycles. The van der Waals surface area contributed by atoms with Crippen molar-refractivity contribution < 1.29 is 27.5 Å². The summed E-state index contributed by atoms with van der Waals surface area (Å²) < 4.78 is 43.9. The molecule has 2 aromatic carbocycles. The van der Waals surface area contributed by atoms with Gasteiger partial charge in [-0.2, -0.15) is 13.2 Å². The second-order valence-electron chi connectivity index (χ2n) is 5.51. The number of para-hydroxylation sites is 2. The first kappa shape index (κ1) is 18.8. The molecule has 0 aliphatic carbocycles. The standard InChI is InChI=1S/C18H12ClF3N2O3/c1-27-13-8-3-2-7-12(13)23-15-14(19)16(25)24(17(15)26)11-6-4-5-10(9-11)18(20,21)22/h2-9,23H,1H3. The summed E-state index contributed by atoms with van der Waals surface area (Å²) >= 11 is 5.99. The van der Waals surface area contributed by atoms with E-state index in [0.29, 0.717) is 22.4 Å². The predicted octanol–water partition coefficient (Wildman–Crippen LogP) is 4.15. The Morgan fingerprint density at radius 1 is 1.04 bits per heavy atom. The molecule has 1 N–H and O–H groups in total. The van der Waals surface area contributed by atoms with Crippen molar-refractivity contribution in [2.24, 2.45) is 0 Å². The lowest BCUT2D eigenvalue weighted by atomic mass is 10.2. The van der Waals surface area contributed by atoms with Crippen LogP contribution in [0.1, 0.15) is 5.56 Å². The molecular formula is C18H12ClF3N2O3. The molecule has 0 atom stereocenters. The summed E-state index contributed by atoms with van der Waals surface area (Å²) in [6.45, 7) is 0. The van der Waals surface area contributed by atoms with E-state index in [4.69, 9.17) is 16.3 Å². The number of anilines is 2. The highest BCUT2D eigenvalue weighted by molar-refractivity contribution is 6.53. The minimum absolute atomic E-state index is 0.227. The number of benzene rings is 2. The average molecular weight is 397 g/mol. The van der Waals surface area contributed by atoms with Crippen molar-refractivity contribution in [3.8, 4) is 5.75 Å².